The first kappa shape index (κ1) is 15.9. The predicted molar refractivity (Wildman–Crippen MR) is 93.4 cm³/mol. The highest BCUT2D eigenvalue weighted by molar-refractivity contribution is 7.90. The van der Waals surface area contributed by atoms with Crippen molar-refractivity contribution in [1.29, 1.82) is 0 Å². The van der Waals surface area contributed by atoms with Gasteiger partial charge in [0, 0.05) is 12.7 Å². The van der Waals surface area contributed by atoms with Crippen molar-refractivity contribution in [2.24, 2.45) is 4.40 Å². The fourth-order valence-corrected chi connectivity index (χ4v) is 4.38. The lowest BCUT2D eigenvalue weighted by Gasteiger charge is -2.28. The van der Waals surface area contributed by atoms with E-state index in [0.29, 0.717) is 15.3 Å². The summed E-state index contributed by atoms with van der Waals surface area (Å²) in [5.74, 6) is -0.909. The van der Waals surface area contributed by atoms with E-state index in [2.05, 4.69) is 14.7 Å². The molecule has 0 spiro atoms. The first-order valence-corrected chi connectivity index (χ1v) is 9.69. The molecule has 1 N–H and O–H groups in total. The first-order chi connectivity index (χ1) is 11.9. The number of amidine groups is 1. The molecule has 0 aliphatic carbocycles. The van der Waals surface area contributed by atoms with Crippen molar-refractivity contribution < 1.29 is 17.6 Å². The molecule has 1 aromatic carbocycles. The average molecular weight is 378 g/mol. The number of carbonyl (C=O) groups is 1. The summed E-state index contributed by atoms with van der Waals surface area (Å²) in [6.07, 6.45) is 4.82. The highest BCUT2D eigenvalue weighted by Gasteiger charge is 2.30. The molecule has 0 atom stereocenters. The molecule has 0 radical (unpaired) electrons. The van der Waals surface area contributed by atoms with Gasteiger partial charge in [-0.25, -0.2) is 17.8 Å². The number of anilines is 1. The van der Waals surface area contributed by atoms with E-state index in [1.54, 1.807) is 17.2 Å². The topological polar surface area (TPSA) is 91.7 Å². The number of nitrogens with zero attached hydrogens (tertiary/aromatic N) is 3. The van der Waals surface area contributed by atoms with Crippen LogP contribution in [0.4, 0.5) is 9.52 Å². The smallest absolute Gasteiger partial charge is 0.261 e. The Kier molecular flexibility index (Phi) is 3.65. The molecule has 128 valence electrons. The van der Waals surface area contributed by atoms with Crippen molar-refractivity contribution in [3.05, 3.63) is 47.9 Å². The summed E-state index contributed by atoms with van der Waals surface area (Å²) in [6, 6.07) is 4.16. The van der Waals surface area contributed by atoms with Gasteiger partial charge in [0.15, 0.2) is 11.0 Å². The van der Waals surface area contributed by atoms with Gasteiger partial charge < -0.3 is 4.90 Å². The number of carbonyl (C=O) groups excluding carboxylic acids is 1. The summed E-state index contributed by atoms with van der Waals surface area (Å²) < 4.78 is 41.0. The quantitative estimate of drug-likeness (QED) is 0.861. The number of hydrogen-bond donors (Lipinski definition) is 1. The van der Waals surface area contributed by atoms with Gasteiger partial charge in [0.05, 0.1) is 21.5 Å². The van der Waals surface area contributed by atoms with Crippen molar-refractivity contribution in [3.63, 3.8) is 0 Å². The van der Waals surface area contributed by atoms with Crippen LogP contribution in [-0.4, -0.2) is 42.3 Å². The number of halogens is 1. The maximum atomic E-state index is 13.3. The Labute approximate surface area is 146 Å². The van der Waals surface area contributed by atoms with Crippen molar-refractivity contribution in [1.82, 2.24) is 9.88 Å². The van der Waals surface area contributed by atoms with E-state index >= 15 is 0 Å². The zero-order valence-electron chi connectivity index (χ0n) is 12.6. The van der Waals surface area contributed by atoms with Crippen LogP contribution in [-0.2, 0) is 14.8 Å². The number of thiazole rings is 1. The first-order valence-electron chi connectivity index (χ1n) is 7.27. The van der Waals surface area contributed by atoms with Crippen LogP contribution < -0.4 is 5.32 Å². The zero-order valence-corrected chi connectivity index (χ0v) is 14.3. The summed E-state index contributed by atoms with van der Waals surface area (Å²) in [7, 11) is -3.58. The number of fused-ring (bicyclic) bond motifs is 2. The summed E-state index contributed by atoms with van der Waals surface area (Å²) in [5, 5.41) is 2.92. The molecule has 2 aromatic rings. The molecule has 0 bridgehead atoms. The Hall–Kier alpha value is -2.59. The van der Waals surface area contributed by atoms with E-state index in [1.807, 2.05) is 0 Å². The molecule has 2 aliphatic heterocycles. The molecule has 0 saturated carbocycles. The monoisotopic (exact) mass is 378 g/mol. The average Bonchev–Trinajstić information content (AvgIpc) is 2.94. The lowest BCUT2D eigenvalue weighted by molar-refractivity contribution is -0.112. The molecule has 25 heavy (non-hydrogen) atoms. The minimum Gasteiger partial charge on any atom is -0.331 e. The summed E-state index contributed by atoms with van der Waals surface area (Å²) in [5.41, 5.74) is 0.703. The molecule has 7 nitrogen and oxygen atoms in total. The number of aromatic nitrogens is 1. The van der Waals surface area contributed by atoms with Crippen LogP contribution in [0.15, 0.2) is 46.5 Å². The molecule has 0 unspecified atom stereocenters. The third-order valence-electron chi connectivity index (χ3n) is 3.67. The molecule has 10 heteroatoms. The Morgan fingerprint density at radius 2 is 2.20 bits per heavy atom. The molecular weight excluding hydrogens is 367 g/mol. The lowest BCUT2D eigenvalue weighted by atomic mass is 10.1. The molecular formula is C15H11FN4O3S2. The highest BCUT2D eigenvalue weighted by atomic mass is 32.2. The van der Waals surface area contributed by atoms with E-state index in [-0.39, 0.29) is 29.5 Å². The van der Waals surface area contributed by atoms with Crippen LogP contribution in [0.5, 0.6) is 0 Å². The van der Waals surface area contributed by atoms with Crippen LogP contribution in [0.2, 0.25) is 0 Å². The fraction of sp³-hybridized carbons (Fsp3) is 0.133. The van der Waals surface area contributed by atoms with Gasteiger partial charge in [-0.15, -0.1) is 4.40 Å². The van der Waals surface area contributed by atoms with Crippen molar-refractivity contribution >= 4 is 48.5 Å². The molecule has 2 aliphatic rings. The molecule has 1 amide bonds. The van der Waals surface area contributed by atoms with Gasteiger partial charge in [-0.2, -0.15) is 0 Å². The van der Waals surface area contributed by atoms with Crippen LogP contribution in [0.25, 0.3) is 10.2 Å². The second kappa shape index (κ2) is 5.74. The number of allylic oxidation sites excluding steroid dienone is 2. The van der Waals surface area contributed by atoms with Gasteiger partial charge in [0.25, 0.3) is 15.9 Å². The number of benzene rings is 1. The Balaban J connectivity index is 1.64. The van der Waals surface area contributed by atoms with Crippen LogP contribution >= 0.6 is 11.3 Å². The normalized spacial score (nSPS) is 18.5. The van der Waals surface area contributed by atoms with E-state index in [1.165, 1.54) is 24.3 Å². The number of rotatable bonds is 2. The summed E-state index contributed by atoms with van der Waals surface area (Å²) in [6.45, 7) is 0.239. The van der Waals surface area contributed by atoms with Crippen molar-refractivity contribution in [2.75, 3.05) is 17.6 Å². The van der Waals surface area contributed by atoms with E-state index < -0.39 is 15.9 Å². The molecule has 4 rings (SSSR count). The minimum atomic E-state index is -3.58. The summed E-state index contributed by atoms with van der Waals surface area (Å²) >= 11 is 1.13. The number of nitrogens with one attached hydrogen (secondary N) is 1. The Morgan fingerprint density at radius 3 is 3.04 bits per heavy atom. The highest BCUT2D eigenvalue weighted by Crippen LogP contribution is 2.27. The number of sulfonamides is 1. The maximum Gasteiger partial charge on any atom is 0.261 e. The molecule has 0 saturated heterocycles. The summed E-state index contributed by atoms with van der Waals surface area (Å²) in [4.78, 5) is 18.4. The number of amides is 1. The van der Waals surface area contributed by atoms with E-state index in [4.69, 9.17) is 0 Å². The zero-order chi connectivity index (χ0) is 17.6. The lowest BCUT2D eigenvalue weighted by Crippen LogP contribution is -2.40. The molecule has 0 fully saturated rings. The van der Waals surface area contributed by atoms with E-state index in [9.17, 15) is 17.6 Å². The second-order valence-corrected chi connectivity index (χ2v) is 8.19. The standard InChI is InChI=1S/C15H11FN4O3S2/c16-9-3-4-11-12(8-9)24-15(17-11)18-14(21)10-2-1-5-20-6-7-25(22,23)19-13(10)20/h1-5,8H,6-7H2,(H,17,18,21). The number of hydrogen-bond acceptors (Lipinski definition) is 6. The van der Waals surface area contributed by atoms with Gasteiger partial charge in [0.2, 0.25) is 0 Å². The third-order valence-corrected chi connectivity index (χ3v) is 5.76. The maximum absolute atomic E-state index is 13.3. The van der Waals surface area contributed by atoms with Crippen molar-refractivity contribution in [2.45, 2.75) is 0 Å². The SMILES string of the molecule is O=C(Nc1nc2ccc(F)cc2s1)C1=CC=CN2CCS(=O)(=O)N=C12. The van der Waals surface area contributed by atoms with Gasteiger partial charge in [0.1, 0.15) is 5.82 Å². The van der Waals surface area contributed by atoms with Gasteiger partial charge >= 0.3 is 0 Å². The predicted octanol–water partition coefficient (Wildman–Crippen LogP) is 1.87. The Morgan fingerprint density at radius 1 is 1.36 bits per heavy atom. The van der Waals surface area contributed by atoms with Crippen LogP contribution in [0, 0.1) is 5.82 Å². The van der Waals surface area contributed by atoms with Crippen LogP contribution in [0.1, 0.15) is 0 Å². The minimum absolute atomic E-state index is 0.0957. The molecule has 1 aromatic heterocycles. The Bertz CT molecular complexity index is 1090. The van der Waals surface area contributed by atoms with Crippen LogP contribution in [0.3, 0.4) is 0 Å². The van der Waals surface area contributed by atoms with Crippen molar-refractivity contribution in [3.8, 4) is 0 Å². The fourth-order valence-electron chi connectivity index (χ4n) is 2.51. The van der Waals surface area contributed by atoms with Gasteiger partial charge in [-0.05, 0) is 30.4 Å². The second-order valence-electron chi connectivity index (χ2n) is 5.40. The van der Waals surface area contributed by atoms with Gasteiger partial charge in [-0.1, -0.05) is 11.3 Å². The van der Waals surface area contributed by atoms with E-state index in [0.717, 1.165) is 11.3 Å². The third kappa shape index (κ3) is 3.05. The largest absolute Gasteiger partial charge is 0.331 e. The molecule has 3 heterocycles. The van der Waals surface area contributed by atoms with Gasteiger partial charge in [-0.3, -0.25) is 10.1 Å².